The average Bonchev–Trinajstić information content (AvgIpc) is 2.76. The van der Waals surface area contributed by atoms with E-state index in [2.05, 4.69) is 13.0 Å². The lowest BCUT2D eigenvalue weighted by atomic mass is 9.68. The van der Waals surface area contributed by atoms with Crippen LogP contribution in [0.25, 0.3) is 6.08 Å². The van der Waals surface area contributed by atoms with E-state index in [9.17, 15) is 4.39 Å². The van der Waals surface area contributed by atoms with E-state index in [0.717, 1.165) is 23.3 Å². The molecule has 0 saturated heterocycles. The maximum atomic E-state index is 14.3. The predicted molar refractivity (Wildman–Crippen MR) is 122 cm³/mol. The van der Waals surface area contributed by atoms with Gasteiger partial charge >= 0.3 is 0 Å². The molecule has 3 rings (SSSR count). The lowest BCUT2D eigenvalue weighted by Gasteiger charge is -2.37. The van der Waals surface area contributed by atoms with E-state index in [1.807, 2.05) is 19.1 Å². The first-order valence-corrected chi connectivity index (χ1v) is 12.3. The number of allylic oxidation sites excluding steroid dienone is 1. The van der Waals surface area contributed by atoms with Crippen LogP contribution in [0.3, 0.4) is 0 Å². The number of ether oxygens (including phenoxy) is 1. The molecule has 1 aromatic rings. The molecule has 1 nitrogen and oxygen atoms in total. The fraction of sp³-hybridized carbons (Fsp3) is 0.692. The molecule has 2 fully saturated rings. The molecule has 0 unspecified atom stereocenters. The van der Waals surface area contributed by atoms with E-state index in [1.54, 1.807) is 6.07 Å². The first kappa shape index (κ1) is 22.7. The van der Waals surface area contributed by atoms with Crippen molar-refractivity contribution in [2.45, 2.75) is 84.5 Å². The third-order valence-corrected chi connectivity index (χ3v) is 7.65. The summed E-state index contributed by atoms with van der Waals surface area (Å²) in [6, 6.07) is 3.54. The fourth-order valence-corrected chi connectivity index (χ4v) is 5.65. The van der Waals surface area contributed by atoms with Crippen molar-refractivity contribution < 1.29 is 9.13 Å². The van der Waals surface area contributed by atoms with Gasteiger partial charge in [0.1, 0.15) is 0 Å². The summed E-state index contributed by atoms with van der Waals surface area (Å²) in [5, 5.41) is 0.167. The van der Waals surface area contributed by atoms with Crippen molar-refractivity contribution >= 4 is 17.7 Å². The zero-order valence-corrected chi connectivity index (χ0v) is 19.0. The molecule has 3 heteroatoms. The molecule has 1 aromatic carbocycles. The highest BCUT2D eigenvalue weighted by molar-refractivity contribution is 6.32. The third-order valence-electron chi connectivity index (χ3n) is 7.27. The Hall–Kier alpha value is -1.02. The van der Waals surface area contributed by atoms with Gasteiger partial charge in [-0.15, -0.1) is 0 Å². The molecule has 0 atom stereocenters. The van der Waals surface area contributed by atoms with Crippen LogP contribution in [0.2, 0.25) is 5.02 Å². The quantitative estimate of drug-likeness (QED) is 0.408. The Morgan fingerprint density at radius 1 is 1.00 bits per heavy atom. The first-order chi connectivity index (χ1) is 14.1. The molecule has 0 radical (unpaired) electrons. The van der Waals surface area contributed by atoms with Crippen molar-refractivity contribution in [2.24, 2.45) is 23.7 Å². The van der Waals surface area contributed by atoms with E-state index in [4.69, 9.17) is 16.3 Å². The van der Waals surface area contributed by atoms with Gasteiger partial charge in [0.25, 0.3) is 0 Å². The Morgan fingerprint density at radius 3 is 2.28 bits per heavy atom. The standard InChI is InChI=1S/C26H38ClFO/c1-3-5-6-19-7-12-21(13-8-19)22-14-9-20(10-15-22)11-16-23-17-18-24(29-4-2)26(28)25(23)27/h11,16-22H,3-10,12-15H2,1-2H3. The highest BCUT2D eigenvalue weighted by Crippen LogP contribution is 2.42. The minimum Gasteiger partial charge on any atom is -0.491 e. The zero-order valence-electron chi connectivity index (χ0n) is 18.3. The molecule has 0 bridgehead atoms. The van der Waals surface area contributed by atoms with Gasteiger partial charge in [0, 0.05) is 0 Å². The summed E-state index contributed by atoms with van der Waals surface area (Å²) in [5.74, 6) is 3.28. The smallest absolute Gasteiger partial charge is 0.184 e. The van der Waals surface area contributed by atoms with E-state index >= 15 is 0 Å². The molecule has 0 heterocycles. The maximum absolute atomic E-state index is 14.3. The second kappa shape index (κ2) is 11.4. The van der Waals surface area contributed by atoms with Crippen molar-refractivity contribution in [3.8, 4) is 5.75 Å². The molecule has 2 aliphatic rings. The molecule has 2 aliphatic carbocycles. The number of rotatable bonds is 8. The molecule has 0 spiro atoms. The van der Waals surface area contributed by atoms with Crippen LogP contribution in [0.5, 0.6) is 5.75 Å². The lowest BCUT2D eigenvalue weighted by Crippen LogP contribution is -2.25. The van der Waals surface area contributed by atoms with Crippen LogP contribution in [0.4, 0.5) is 4.39 Å². The van der Waals surface area contributed by atoms with Gasteiger partial charge in [-0.05, 0) is 86.8 Å². The normalized spacial score (nSPS) is 28.0. The molecule has 0 aromatic heterocycles. The molecule has 0 N–H and O–H groups in total. The van der Waals surface area contributed by atoms with Crippen molar-refractivity contribution in [3.05, 3.63) is 34.6 Å². The number of hydrogen-bond donors (Lipinski definition) is 0. The Labute approximate surface area is 182 Å². The van der Waals surface area contributed by atoms with Crippen LogP contribution >= 0.6 is 11.6 Å². The summed E-state index contributed by atoms with van der Waals surface area (Å²) >= 11 is 6.21. The van der Waals surface area contributed by atoms with Gasteiger partial charge in [-0.25, -0.2) is 4.39 Å². The van der Waals surface area contributed by atoms with Crippen LogP contribution in [-0.2, 0) is 0 Å². The largest absolute Gasteiger partial charge is 0.491 e. The number of benzene rings is 1. The maximum Gasteiger partial charge on any atom is 0.184 e. The van der Waals surface area contributed by atoms with Gasteiger partial charge in [0.15, 0.2) is 11.6 Å². The van der Waals surface area contributed by atoms with E-state index in [-0.39, 0.29) is 10.8 Å². The van der Waals surface area contributed by atoms with Crippen molar-refractivity contribution in [1.29, 1.82) is 0 Å². The monoisotopic (exact) mass is 420 g/mol. The van der Waals surface area contributed by atoms with E-state index in [1.165, 1.54) is 70.6 Å². The first-order valence-electron chi connectivity index (χ1n) is 11.9. The number of unbranched alkanes of at least 4 members (excludes halogenated alkanes) is 1. The summed E-state index contributed by atoms with van der Waals surface area (Å²) < 4.78 is 19.6. The van der Waals surface area contributed by atoms with Crippen LogP contribution in [0.15, 0.2) is 18.2 Å². The second-order valence-electron chi connectivity index (χ2n) is 9.17. The number of halogens is 2. The molecular formula is C26H38ClFO. The molecule has 2 saturated carbocycles. The lowest BCUT2D eigenvalue weighted by molar-refractivity contribution is 0.152. The topological polar surface area (TPSA) is 9.23 Å². The van der Waals surface area contributed by atoms with Gasteiger partial charge < -0.3 is 4.74 Å². The molecule has 0 amide bonds. The van der Waals surface area contributed by atoms with E-state index in [0.29, 0.717) is 12.5 Å². The van der Waals surface area contributed by atoms with Gasteiger partial charge in [0.2, 0.25) is 0 Å². The second-order valence-corrected chi connectivity index (χ2v) is 9.55. The Kier molecular flexibility index (Phi) is 8.90. The summed E-state index contributed by atoms with van der Waals surface area (Å²) in [5.41, 5.74) is 0.750. The third kappa shape index (κ3) is 6.23. The van der Waals surface area contributed by atoms with Crippen LogP contribution < -0.4 is 4.74 Å². The Morgan fingerprint density at radius 2 is 1.66 bits per heavy atom. The predicted octanol–water partition coefficient (Wildman–Crippen LogP) is 8.69. The SMILES string of the molecule is CCCCC1CCC(C2CCC(C=Cc3ccc(OCC)c(F)c3Cl)CC2)CC1. The highest BCUT2D eigenvalue weighted by atomic mass is 35.5. The summed E-state index contributed by atoms with van der Waals surface area (Å²) in [6.45, 7) is 4.58. The fourth-order valence-electron chi connectivity index (χ4n) is 5.43. The van der Waals surface area contributed by atoms with Crippen molar-refractivity contribution in [3.63, 3.8) is 0 Å². The van der Waals surface area contributed by atoms with Gasteiger partial charge in [-0.3, -0.25) is 0 Å². The number of hydrogen-bond acceptors (Lipinski definition) is 1. The highest BCUT2D eigenvalue weighted by Gasteiger charge is 2.30. The summed E-state index contributed by atoms with van der Waals surface area (Å²) in [7, 11) is 0. The van der Waals surface area contributed by atoms with E-state index < -0.39 is 5.82 Å². The summed E-state index contributed by atoms with van der Waals surface area (Å²) in [4.78, 5) is 0. The van der Waals surface area contributed by atoms with Gasteiger partial charge in [-0.1, -0.05) is 62.8 Å². The minimum atomic E-state index is -0.450. The Balaban J connectivity index is 1.46. The molecule has 162 valence electrons. The zero-order chi connectivity index (χ0) is 20.6. The van der Waals surface area contributed by atoms with Crippen LogP contribution in [0, 0.1) is 29.5 Å². The van der Waals surface area contributed by atoms with Crippen molar-refractivity contribution in [2.75, 3.05) is 6.61 Å². The Bertz CT molecular complexity index is 655. The molecular weight excluding hydrogens is 383 g/mol. The van der Waals surface area contributed by atoms with Crippen LogP contribution in [0.1, 0.15) is 90.0 Å². The minimum absolute atomic E-state index is 0.167. The molecule has 29 heavy (non-hydrogen) atoms. The van der Waals surface area contributed by atoms with Gasteiger partial charge in [0.05, 0.1) is 11.6 Å². The average molecular weight is 421 g/mol. The molecule has 0 aliphatic heterocycles. The van der Waals surface area contributed by atoms with Gasteiger partial charge in [-0.2, -0.15) is 0 Å². The van der Waals surface area contributed by atoms with Crippen molar-refractivity contribution in [1.82, 2.24) is 0 Å². The summed E-state index contributed by atoms with van der Waals surface area (Å²) in [6.07, 6.45) is 19.5. The van der Waals surface area contributed by atoms with Crippen LogP contribution in [-0.4, -0.2) is 6.61 Å².